The molecule has 6 heteroatoms. The molecule has 5 nitrogen and oxygen atoms in total. The van der Waals surface area contributed by atoms with Gasteiger partial charge in [0.15, 0.2) is 0 Å². The molecule has 2 heterocycles. The largest absolute Gasteiger partial charge is 0.373 e. The van der Waals surface area contributed by atoms with Crippen LogP contribution in [-0.2, 0) is 11.2 Å². The Hall–Kier alpha value is -1.66. The lowest BCUT2D eigenvalue weighted by Gasteiger charge is -2.35. The summed E-state index contributed by atoms with van der Waals surface area (Å²) in [5.41, 5.74) is 0.952. The zero-order valence-electron chi connectivity index (χ0n) is 14.0. The lowest BCUT2D eigenvalue weighted by Crippen LogP contribution is -2.51. The normalized spacial score (nSPS) is 23.7. The average Bonchev–Trinajstić information content (AvgIpc) is 3.05. The van der Waals surface area contributed by atoms with Gasteiger partial charge in [0, 0.05) is 25.7 Å². The van der Waals surface area contributed by atoms with E-state index in [0.717, 1.165) is 38.1 Å². The number of carbonyl (C=O) groups is 1. The predicted octanol–water partition coefficient (Wildman–Crippen LogP) is 1.92. The number of amides is 2. The molecule has 2 amide bonds. The van der Waals surface area contributed by atoms with Crippen molar-refractivity contribution in [2.75, 3.05) is 32.8 Å². The first-order chi connectivity index (χ1) is 11.7. The third-order valence-corrected chi connectivity index (χ3v) is 4.77. The average molecular weight is 335 g/mol. The van der Waals surface area contributed by atoms with Crippen molar-refractivity contribution in [2.45, 2.75) is 37.8 Å². The van der Waals surface area contributed by atoms with Crippen molar-refractivity contribution < 1.29 is 13.9 Å². The fraction of sp³-hybridized carbons (Fsp3) is 0.611. The van der Waals surface area contributed by atoms with E-state index in [9.17, 15) is 9.18 Å². The van der Waals surface area contributed by atoms with Gasteiger partial charge in [-0.1, -0.05) is 12.1 Å². The molecule has 2 aliphatic rings. The van der Waals surface area contributed by atoms with Gasteiger partial charge in [0.1, 0.15) is 5.82 Å². The fourth-order valence-electron chi connectivity index (χ4n) is 3.47. The van der Waals surface area contributed by atoms with Gasteiger partial charge >= 0.3 is 6.03 Å². The van der Waals surface area contributed by atoms with Crippen LogP contribution in [0.15, 0.2) is 24.3 Å². The van der Waals surface area contributed by atoms with Gasteiger partial charge < -0.3 is 15.4 Å². The molecular formula is C18H26FN3O2. The molecule has 0 radical (unpaired) electrons. The van der Waals surface area contributed by atoms with Crippen molar-refractivity contribution in [3.63, 3.8) is 0 Å². The van der Waals surface area contributed by atoms with E-state index in [1.807, 2.05) is 6.07 Å². The Balaban J connectivity index is 1.27. The Morgan fingerprint density at radius 3 is 3.17 bits per heavy atom. The second kappa shape index (κ2) is 8.44. The first-order valence-electron chi connectivity index (χ1n) is 8.82. The number of urea groups is 1. The van der Waals surface area contributed by atoms with Crippen LogP contribution >= 0.6 is 0 Å². The second-order valence-electron chi connectivity index (χ2n) is 6.62. The summed E-state index contributed by atoms with van der Waals surface area (Å²) in [6, 6.07) is 6.99. The number of nitrogens with one attached hydrogen (secondary N) is 2. The van der Waals surface area contributed by atoms with Gasteiger partial charge in [0.05, 0.1) is 12.7 Å². The number of hydrogen-bond acceptors (Lipinski definition) is 3. The van der Waals surface area contributed by atoms with E-state index in [1.54, 1.807) is 6.07 Å². The predicted molar refractivity (Wildman–Crippen MR) is 90.5 cm³/mol. The van der Waals surface area contributed by atoms with Crippen molar-refractivity contribution in [1.29, 1.82) is 0 Å². The highest BCUT2D eigenvalue weighted by Gasteiger charge is 2.32. The molecule has 132 valence electrons. The number of fused-ring (bicyclic) bond motifs is 1. The van der Waals surface area contributed by atoms with Crippen molar-refractivity contribution in [2.24, 2.45) is 0 Å². The standard InChI is InChI=1S/C18H26FN3O2/c19-15-6-1-4-14(10-15)5-2-8-20-18(23)21-11-17-12-22-9-3-7-16(22)13-24-17/h1,4,6,10,16-17H,2-3,5,7-9,11-13H2,(H2,20,21,23)/t16-,17+/m0/s1. The van der Waals surface area contributed by atoms with Crippen LogP contribution in [0.25, 0.3) is 0 Å². The molecule has 2 atom stereocenters. The molecular weight excluding hydrogens is 309 g/mol. The molecule has 1 aromatic rings. The zero-order chi connectivity index (χ0) is 16.8. The number of nitrogens with zero attached hydrogens (tertiary/aromatic N) is 1. The van der Waals surface area contributed by atoms with Crippen molar-refractivity contribution >= 4 is 6.03 Å². The maximum absolute atomic E-state index is 13.1. The number of aryl methyl sites for hydroxylation is 1. The molecule has 0 saturated carbocycles. The van der Waals surface area contributed by atoms with E-state index >= 15 is 0 Å². The van der Waals surface area contributed by atoms with E-state index in [1.165, 1.54) is 25.0 Å². The molecule has 3 rings (SSSR count). The molecule has 1 aromatic carbocycles. The van der Waals surface area contributed by atoms with Gasteiger partial charge in [-0.15, -0.1) is 0 Å². The van der Waals surface area contributed by atoms with Crippen molar-refractivity contribution in [1.82, 2.24) is 15.5 Å². The summed E-state index contributed by atoms with van der Waals surface area (Å²) in [6.07, 6.45) is 4.09. The number of benzene rings is 1. The quantitative estimate of drug-likeness (QED) is 0.781. The van der Waals surface area contributed by atoms with Crippen molar-refractivity contribution in [3.05, 3.63) is 35.6 Å². The molecule has 0 aliphatic carbocycles. The first-order valence-corrected chi connectivity index (χ1v) is 8.82. The molecule has 0 aromatic heterocycles. The van der Waals surface area contributed by atoms with Crippen LogP contribution in [0.5, 0.6) is 0 Å². The molecule has 2 aliphatic heterocycles. The number of morpholine rings is 1. The van der Waals surface area contributed by atoms with E-state index in [4.69, 9.17) is 4.74 Å². The summed E-state index contributed by atoms with van der Waals surface area (Å²) in [5.74, 6) is -0.217. The van der Waals surface area contributed by atoms with Crippen LogP contribution in [0.1, 0.15) is 24.8 Å². The summed E-state index contributed by atoms with van der Waals surface area (Å²) in [6.45, 7) is 3.95. The zero-order valence-corrected chi connectivity index (χ0v) is 14.0. The summed E-state index contributed by atoms with van der Waals surface area (Å²) in [4.78, 5) is 14.3. The van der Waals surface area contributed by atoms with E-state index in [-0.39, 0.29) is 18.0 Å². The van der Waals surface area contributed by atoms with Crippen LogP contribution in [0.4, 0.5) is 9.18 Å². The molecule has 0 unspecified atom stereocenters. The van der Waals surface area contributed by atoms with E-state index in [2.05, 4.69) is 15.5 Å². The van der Waals surface area contributed by atoms with Gasteiger partial charge in [-0.05, 0) is 49.9 Å². The summed E-state index contributed by atoms with van der Waals surface area (Å²) in [7, 11) is 0. The maximum Gasteiger partial charge on any atom is 0.314 e. The van der Waals surface area contributed by atoms with Crippen LogP contribution in [0.3, 0.4) is 0 Å². The van der Waals surface area contributed by atoms with Gasteiger partial charge in [0.25, 0.3) is 0 Å². The molecule has 2 fully saturated rings. The maximum atomic E-state index is 13.1. The fourth-order valence-corrected chi connectivity index (χ4v) is 3.47. The van der Waals surface area contributed by atoms with Gasteiger partial charge in [-0.2, -0.15) is 0 Å². The molecule has 0 spiro atoms. The SMILES string of the molecule is O=C(NCCCc1cccc(F)c1)NC[C@@H]1CN2CCC[C@H]2CO1. The molecule has 2 saturated heterocycles. The smallest absolute Gasteiger partial charge is 0.314 e. The Bertz CT molecular complexity index is 555. The summed E-state index contributed by atoms with van der Waals surface area (Å²) >= 11 is 0. The summed E-state index contributed by atoms with van der Waals surface area (Å²) in [5, 5.41) is 5.72. The van der Waals surface area contributed by atoms with Crippen LogP contribution in [0.2, 0.25) is 0 Å². The topological polar surface area (TPSA) is 53.6 Å². The Kier molecular flexibility index (Phi) is 6.04. The van der Waals surface area contributed by atoms with Crippen LogP contribution < -0.4 is 10.6 Å². The van der Waals surface area contributed by atoms with E-state index < -0.39 is 0 Å². The van der Waals surface area contributed by atoms with Gasteiger partial charge in [-0.3, -0.25) is 4.90 Å². The Morgan fingerprint density at radius 2 is 2.29 bits per heavy atom. The summed E-state index contributed by atoms with van der Waals surface area (Å²) < 4.78 is 18.9. The lowest BCUT2D eigenvalue weighted by atomic mass is 10.1. The highest BCUT2D eigenvalue weighted by molar-refractivity contribution is 5.73. The molecule has 2 N–H and O–H groups in total. The molecule has 0 bridgehead atoms. The van der Waals surface area contributed by atoms with Crippen LogP contribution in [-0.4, -0.2) is 55.9 Å². The Labute approximate surface area is 142 Å². The Morgan fingerprint density at radius 1 is 1.38 bits per heavy atom. The second-order valence-corrected chi connectivity index (χ2v) is 6.62. The number of rotatable bonds is 6. The third-order valence-electron chi connectivity index (χ3n) is 4.77. The van der Waals surface area contributed by atoms with Crippen LogP contribution in [0, 0.1) is 5.82 Å². The number of carbonyl (C=O) groups excluding carboxylic acids is 1. The minimum Gasteiger partial charge on any atom is -0.373 e. The number of halogens is 1. The van der Waals surface area contributed by atoms with Gasteiger partial charge in [0.2, 0.25) is 0 Å². The van der Waals surface area contributed by atoms with Gasteiger partial charge in [-0.25, -0.2) is 9.18 Å². The monoisotopic (exact) mass is 335 g/mol. The van der Waals surface area contributed by atoms with Crippen molar-refractivity contribution in [3.8, 4) is 0 Å². The third kappa shape index (κ3) is 4.92. The minimum absolute atomic E-state index is 0.0809. The molecule has 24 heavy (non-hydrogen) atoms. The highest BCUT2D eigenvalue weighted by Crippen LogP contribution is 2.22. The highest BCUT2D eigenvalue weighted by atomic mass is 19.1. The lowest BCUT2D eigenvalue weighted by molar-refractivity contribution is -0.0457. The number of hydrogen-bond donors (Lipinski definition) is 2. The number of ether oxygens (including phenoxy) is 1. The van der Waals surface area contributed by atoms with E-state index in [0.29, 0.717) is 19.1 Å². The first kappa shape index (κ1) is 17.2. The minimum atomic E-state index is -0.217.